The number of amides is 1. The molecule has 0 saturated carbocycles. The average molecular weight is 486 g/mol. The van der Waals surface area contributed by atoms with Gasteiger partial charge in [-0.05, 0) is 61.4 Å². The zero-order valence-electron chi connectivity index (χ0n) is 18.1. The number of nitrogens with zero attached hydrogens (tertiary/aromatic N) is 2. The number of ether oxygens (including phenoxy) is 1. The first-order valence-electron chi connectivity index (χ1n) is 10.6. The summed E-state index contributed by atoms with van der Waals surface area (Å²) in [5.41, 5.74) is 2.84. The fourth-order valence-corrected chi connectivity index (χ4v) is 5.58. The highest BCUT2D eigenvalue weighted by molar-refractivity contribution is 7.92. The van der Waals surface area contributed by atoms with E-state index in [4.69, 9.17) is 16.3 Å². The maximum absolute atomic E-state index is 12.8. The Kier molecular flexibility index (Phi) is 6.85. The van der Waals surface area contributed by atoms with Crippen molar-refractivity contribution >= 4 is 38.9 Å². The van der Waals surface area contributed by atoms with Crippen LogP contribution in [0.1, 0.15) is 29.6 Å². The van der Waals surface area contributed by atoms with Gasteiger partial charge < -0.3 is 10.1 Å². The monoisotopic (exact) mass is 485 g/mol. The Morgan fingerprint density at radius 3 is 2.61 bits per heavy atom. The summed E-state index contributed by atoms with van der Waals surface area (Å²) >= 11 is 6.36. The Balaban J connectivity index is 1.53. The van der Waals surface area contributed by atoms with E-state index in [1.807, 2.05) is 0 Å². The highest BCUT2D eigenvalue weighted by Crippen LogP contribution is 2.31. The van der Waals surface area contributed by atoms with Crippen molar-refractivity contribution in [2.75, 3.05) is 29.0 Å². The van der Waals surface area contributed by atoms with Gasteiger partial charge in [-0.3, -0.25) is 14.1 Å². The van der Waals surface area contributed by atoms with E-state index in [1.165, 1.54) is 4.31 Å². The van der Waals surface area contributed by atoms with Crippen LogP contribution >= 0.6 is 11.6 Å². The lowest BCUT2D eigenvalue weighted by atomic mass is 10.1. The molecule has 1 saturated heterocycles. The third-order valence-electron chi connectivity index (χ3n) is 5.48. The number of pyridine rings is 1. The summed E-state index contributed by atoms with van der Waals surface area (Å²) in [5, 5.41) is 3.36. The molecule has 33 heavy (non-hydrogen) atoms. The number of rotatable bonds is 5. The molecule has 1 N–H and O–H groups in total. The summed E-state index contributed by atoms with van der Waals surface area (Å²) in [7, 11) is -1.76. The van der Waals surface area contributed by atoms with E-state index in [0.29, 0.717) is 51.9 Å². The van der Waals surface area contributed by atoms with Crippen LogP contribution in [0, 0.1) is 0 Å². The lowest BCUT2D eigenvalue weighted by Crippen LogP contribution is -2.32. The van der Waals surface area contributed by atoms with Crippen molar-refractivity contribution in [1.29, 1.82) is 0 Å². The first kappa shape index (κ1) is 23.1. The molecular weight excluding hydrogens is 462 g/mol. The van der Waals surface area contributed by atoms with Gasteiger partial charge in [0.05, 0.1) is 29.3 Å². The number of halogens is 1. The van der Waals surface area contributed by atoms with Crippen molar-refractivity contribution < 1.29 is 17.9 Å². The summed E-state index contributed by atoms with van der Waals surface area (Å²) in [6.07, 6.45) is 4.02. The van der Waals surface area contributed by atoms with E-state index in [1.54, 1.807) is 67.9 Å². The largest absolute Gasteiger partial charge is 0.497 e. The number of benzene rings is 2. The van der Waals surface area contributed by atoms with Gasteiger partial charge in [-0.25, -0.2) is 8.42 Å². The Bertz CT molecular complexity index is 1260. The van der Waals surface area contributed by atoms with Crippen LogP contribution in [-0.2, 0) is 10.0 Å². The Labute approximate surface area is 198 Å². The first-order valence-corrected chi connectivity index (χ1v) is 12.6. The molecule has 4 rings (SSSR count). The highest BCUT2D eigenvalue weighted by atomic mass is 35.5. The molecule has 1 aliphatic rings. The lowest BCUT2D eigenvalue weighted by Gasteiger charge is -2.22. The SMILES string of the molecule is COc1ccnc(-c2cc(NC(=O)c3ccc(N4CCCCCS4(=O)=O)cc3)ccc2Cl)c1. The molecule has 1 fully saturated rings. The number of hydrogen-bond donors (Lipinski definition) is 1. The van der Waals surface area contributed by atoms with Crippen molar-refractivity contribution in [2.24, 2.45) is 0 Å². The minimum Gasteiger partial charge on any atom is -0.497 e. The molecule has 1 amide bonds. The summed E-state index contributed by atoms with van der Waals surface area (Å²) < 4.78 is 31.7. The van der Waals surface area contributed by atoms with Gasteiger partial charge in [0.1, 0.15) is 5.75 Å². The molecule has 0 aliphatic carbocycles. The van der Waals surface area contributed by atoms with Crippen molar-refractivity contribution in [3.63, 3.8) is 0 Å². The minimum atomic E-state index is -3.33. The fourth-order valence-electron chi connectivity index (χ4n) is 3.72. The molecule has 0 atom stereocenters. The Hall–Kier alpha value is -3.10. The van der Waals surface area contributed by atoms with E-state index in [2.05, 4.69) is 10.3 Å². The molecule has 1 aliphatic heterocycles. The predicted molar refractivity (Wildman–Crippen MR) is 131 cm³/mol. The minimum absolute atomic E-state index is 0.149. The molecule has 7 nitrogen and oxygen atoms in total. The van der Waals surface area contributed by atoms with Gasteiger partial charge in [-0.2, -0.15) is 0 Å². The van der Waals surface area contributed by atoms with E-state index in [-0.39, 0.29) is 11.7 Å². The van der Waals surface area contributed by atoms with Crippen LogP contribution in [-0.4, -0.2) is 38.7 Å². The van der Waals surface area contributed by atoms with Gasteiger partial charge in [-0.1, -0.05) is 18.0 Å². The van der Waals surface area contributed by atoms with Gasteiger partial charge in [0, 0.05) is 35.6 Å². The van der Waals surface area contributed by atoms with Crippen LogP contribution in [0.2, 0.25) is 5.02 Å². The van der Waals surface area contributed by atoms with Crippen LogP contribution in [0.3, 0.4) is 0 Å². The molecule has 0 bridgehead atoms. The van der Waals surface area contributed by atoms with Gasteiger partial charge in [0.25, 0.3) is 5.91 Å². The second kappa shape index (κ2) is 9.80. The van der Waals surface area contributed by atoms with E-state index in [9.17, 15) is 13.2 Å². The van der Waals surface area contributed by atoms with Crippen LogP contribution in [0.15, 0.2) is 60.8 Å². The molecule has 1 aromatic heterocycles. The number of anilines is 2. The molecule has 0 radical (unpaired) electrons. The number of carbonyl (C=O) groups is 1. The molecule has 9 heteroatoms. The summed E-state index contributed by atoms with van der Waals surface area (Å²) in [6.45, 7) is 0.458. The predicted octanol–water partition coefficient (Wildman–Crippen LogP) is 4.98. The Morgan fingerprint density at radius 2 is 1.85 bits per heavy atom. The van der Waals surface area contributed by atoms with Gasteiger partial charge in [0.2, 0.25) is 10.0 Å². The lowest BCUT2D eigenvalue weighted by molar-refractivity contribution is 0.102. The molecule has 0 unspecified atom stereocenters. The number of hydrogen-bond acceptors (Lipinski definition) is 5. The van der Waals surface area contributed by atoms with Gasteiger partial charge in [0.15, 0.2) is 0 Å². The quantitative estimate of drug-likeness (QED) is 0.550. The van der Waals surface area contributed by atoms with Gasteiger partial charge >= 0.3 is 0 Å². The zero-order chi connectivity index (χ0) is 23.4. The molecule has 2 heterocycles. The maximum Gasteiger partial charge on any atom is 0.255 e. The smallest absolute Gasteiger partial charge is 0.255 e. The normalized spacial score (nSPS) is 15.5. The first-order chi connectivity index (χ1) is 15.9. The number of aromatic nitrogens is 1. The molecular formula is C24H24ClN3O4S. The zero-order valence-corrected chi connectivity index (χ0v) is 19.7. The van der Waals surface area contributed by atoms with Crippen molar-refractivity contribution in [1.82, 2.24) is 4.98 Å². The number of methoxy groups -OCH3 is 1. The molecule has 3 aromatic rings. The second-order valence-corrected chi connectivity index (χ2v) is 10.1. The van der Waals surface area contributed by atoms with E-state index in [0.717, 1.165) is 12.8 Å². The molecule has 172 valence electrons. The van der Waals surface area contributed by atoms with Crippen molar-refractivity contribution in [3.8, 4) is 17.0 Å². The standard InChI is InChI=1S/C24H24ClN3O4S/c1-32-20-11-12-26-23(16-20)21-15-18(7-10-22(21)25)27-24(29)17-5-8-19(9-6-17)28-13-3-2-4-14-33(28,30)31/h5-12,15-16H,2-4,13-14H2,1H3,(H,27,29). The van der Waals surface area contributed by atoms with Crippen LogP contribution in [0.5, 0.6) is 5.75 Å². The maximum atomic E-state index is 12.8. The number of nitrogens with one attached hydrogen (secondary N) is 1. The van der Waals surface area contributed by atoms with E-state index < -0.39 is 10.0 Å². The van der Waals surface area contributed by atoms with E-state index >= 15 is 0 Å². The van der Waals surface area contributed by atoms with Gasteiger partial charge in [-0.15, -0.1) is 0 Å². The van der Waals surface area contributed by atoms with Crippen molar-refractivity contribution in [2.45, 2.75) is 19.3 Å². The second-order valence-electron chi connectivity index (χ2n) is 7.73. The van der Waals surface area contributed by atoms with Crippen molar-refractivity contribution in [3.05, 3.63) is 71.4 Å². The van der Waals surface area contributed by atoms with Crippen LogP contribution < -0.4 is 14.4 Å². The molecule has 2 aromatic carbocycles. The highest BCUT2D eigenvalue weighted by Gasteiger charge is 2.24. The van der Waals surface area contributed by atoms with Crippen LogP contribution in [0.4, 0.5) is 11.4 Å². The third kappa shape index (κ3) is 5.29. The number of carbonyl (C=O) groups excluding carboxylic acids is 1. The number of sulfonamides is 1. The average Bonchev–Trinajstić information content (AvgIpc) is 3.00. The summed E-state index contributed by atoms with van der Waals surface area (Å²) in [5.74, 6) is 0.486. The topological polar surface area (TPSA) is 88.6 Å². The fraction of sp³-hybridized carbons (Fsp3) is 0.250. The third-order valence-corrected chi connectivity index (χ3v) is 7.68. The summed E-state index contributed by atoms with van der Waals surface area (Å²) in [6, 6.07) is 15.3. The molecule has 0 spiro atoms. The summed E-state index contributed by atoms with van der Waals surface area (Å²) in [4.78, 5) is 17.1. The Morgan fingerprint density at radius 1 is 1.06 bits per heavy atom. The van der Waals surface area contributed by atoms with Crippen LogP contribution in [0.25, 0.3) is 11.3 Å².